The summed E-state index contributed by atoms with van der Waals surface area (Å²) >= 11 is 0. The van der Waals surface area contributed by atoms with Gasteiger partial charge in [0.25, 0.3) is 0 Å². The minimum Gasteiger partial charge on any atom is -0.398 e. The summed E-state index contributed by atoms with van der Waals surface area (Å²) in [5.41, 5.74) is 13.0. The van der Waals surface area contributed by atoms with E-state index in [0.29, 0.717) is 6.42 Å². The Morgan fingerprint density at radius 2 is 1.86 bits per heavy atom. The lowest BCUT2D eigenvalue weighted by molar-refractivity contribution is -0.118. The zero-order valence-electron chi connectivity index (χ0n) is 16.9. The van der Waals surface area contributed by atoms with Crippen molar-refractivity contribution in [2.75, 3.05) is 11.1 Å². The average Bonchev–Trinajstić information content (AvgIpc) is 2.66. The van der Waals surface area contributed by atoms with Gasteiger partial charge in [0, 0.05) is 40.6 Å². The van der Waals surface area contributed by atoms with Gasteiger partial charge in [0.05, 0.1) is 0 Å². The molecule has 0 spiro atoms. The van der Waals surface area contributed by atoms with Crippen molar-refractivity contribution in [3.8, 4) is 0 Å². The number of aromatic nitrogens is 1. The number of fused-ring (bicyclic) bond motifs is 2. The summed E-state index contributed by atoms with van der Waals surface area (Å²) in [6.45, 7) is 4.24. The first-order valence-corrected chi connectivity index (χ1v) is 10.4. The third-order valence-corrected chi connectivity index (χ3v) is 6.53. The second kappa shape index (κ2) is 6.41. The Bertz CT molecular complexity index is 1050. The number of carbonyl (C=O) groups excluding carboxylic acids is 1. The molecule has 1 aromatic heterocycles. The molecule has 2 aliphatic carbocycles. The SMILES string of the molecule is CC1(C)CC(=O)C2=C(C1)Nc1nc3c(c(N)c1C2c1ccc(F)cc1)CCCC3. The van der Waals surface area contributed by atoms with Crippen molar-refractivity contribution < 1.29 is 9.18 Å². The van der Waals surface area contributed by atoms with Crippen LogP contribution in [0.3, 0.4) is 0 Å². The number of pyridine rings is 1. The van der Waals surface area contributed by atoms with Gasteiger partial charge in [0.1, 0.15) is 11.6 Å². The predicted octanol–water partition coefficient (Wildman–Crippen LogP) is 4.88. The van der Waals surface area contributed by atoms with E-state index in [4.69, 9.17) is 10.7 Å². The van der Waals surface area contributed by atoms with Crippen molar-refractivity contribution >= 4 is 17.3 Å². The van der Waals surface area contributed by atoms with Crippen LogP contribution in [-0.4, -0.2) is 10.8 Å². The Morgan fingerprint density at radius 1 is 1.14 bits per heavy atom. The number of Topliss-reactive ketones (excluding diaryl/α,β-unsaturated/α-hetero) is 1. The number of rotatable bonds is 1. The molecule has 4 nitrogen and oxygen atoms in total. The van der Waals surface area contributed by atoms with Crippen LogP contribution in [0, 0.1) is 11.2 Å². The van der Waals surface area contributed by atoms with Crippen LogP contribution >= 0.6 is 0 Å². The van der Waals surface area contributed by atoms with E-state index in [1.165, 1.54) is 12.1 Å². The zero-order valence-corrected chi connectivity index (χ0v) is 16.9. The van der Waals surface area contributed by atoms with Crippen molar-refractivity contribution in [1.82, 2.24) is 4.98 Å². The highest BCUT2D eigenvalue weighted by Crippen LogP contribution is 2.51. The molecule has 29 heavy (non-hydrogen) atoms. The van der Waals surface area contributed by atoms with Gasteiger partial charge in [-0.3, -0.25) is 4.79 Å². The predicted molar refractivity (Wildman–Crippen MR) is 112 cm³/mol. The van der Waals surface area contributed by atoms with E-state index in [1.807, 2.05) is 0 Å². The average molecular weight is 391 g/mol. The van der Waals surface area contributed by atoms with Gasteiger partial charge in [0.2, 0.25) is 0 Å². The number of benzene rings is 1. The number of hydrogen-bond acceptors (Lipinski definition) is 4. The van der Waals surface area contributed by atoms with Crippen LogP contribution in [0.1, 0.15) is 67.8 Å². The first-order valence-electron chi connectivity index (χ1n) is 10.4. The molecule has 5 rings (SSSR count). The van der Waals surface area contributed by atoms with Crippen molar-refractivity contribution in [3.05, 3.63) is 63.7 Å². The number of ketones is 1. The van der Waals surface area contributed by atoms with E-state index in [-0.39, 0.29) is 22.9 Å². The maximum Gasteiger partial charge on any atom is 0.162 e. The molecule has 1 aromatic carbocycles. The Labute approximate surface area is 170 Å². The number of nitrogen functional groups attached to an aromatic ring is 1. The molecule has 2 aromatic rings. The molecule has 0 bridgehead atoms. The molecule has 5 heteroatoms. The number of nitrogens with zero attached hydrogens (tertiary/aromatic N) is 1. The van der Waals surface area contributed by atoms with E-state index in [1.54, 1.807) is 12.1 Å². The van der Waals surface area contributed by atoms with Crippen LogP contribution < -0.4 is 11.1 Å². The fraction of sp³-hybridized carbons (Fsp3) is 0.417. The maximum absolute atomic E-state index is 13.6. The molecule has 0 saturated carbocycles. The van der Waals surface area contributed by atoms with Gasteiger partial charge in [-0.1, -0.05) is 26.0 Å². The summed E-state index contributed by atoms with van der Waals surface area (Å²) in [7, 11) is 0. The lowest BCUT2D eigenvalue weighted by Crippen LogP contribution is -2.35. The molecule has 3 N–H and O–H groups in total. The number of anilines is 2. The van der Waals surface area contributed by atoms with Gasteiger partial charge in [-0.15, -0.1) is 0 Å². The van der Waals surface area contributed by atoms with Gasteiger partial charge in [-0.25, -0.2) is 9.37 Å². The minimum atomic E-state index is -0.301. The van der Waals surface area contributed by atoms with E-state index in [0.717, 1.165) is 77.3 Å². The fourth-order valence-corrected chi connectivity index (χ4v) is 5.23. The number of hydrogen-bond donors (Lipinski definition) is 2. The van der Waals surface area contributed by atoms with Crippen LogP contribution in [-0.2, 0) is 17.6 Å². The highest BCUT2D eigenvalue weighted by Gasteiger charge is 2.42. The monoisotopic (exact) mass is 391 g/mol. The van der Waals surface area contributed by atoms with E-state index in [9.17, 15) is 9.18 Å². The number of allylic oxidation sites excluding steroid dienone is 2. The van der Waals surface area contributed by atoms with Crippen molar-refractivity contribution in [2.45, 2.75) is 58.3 Å². The molecule has 1 unspecified atom stereocenters. The lowest BCUT2D eigenvalue weighted by Gasteiger charge is -2.40. The number of carbonyl (C=O) groups is 1. The summed E-state index contributed by atoms with van der Waals surface area (Å²) in [4.78, 5) is 18.2. The molecule has 0 amide bonds. The van der Waals surface area contributed by atoms with Crippen LogP contribution in [0.25, 0.3) is 0 Å². The Kier molecular flexibility index (Phi) is 4.05. The first-order chi connectivity index (χ1) is 13.8. The third-order valence-electron chi connectivity index (χ3n) is 6.53. The highest BCUT2D eigenvalue weighted by molar-refractivity contribution is 6.02. The number of halogens is 1. The van der Waals surface area contributed by atoms with Crippen molar-refractivity contribution in [3.63, 3.8) is 0 Å². The van der Waals surface area contributed by atoms with Crippen LogP contribution in [0.5, 0.6) is 0 Å². The fourth-order valence-electron chi connectivity index (χ4n) is 5.23. The lowest BCUT2D eigenvalue weighted by atomic mass is 9.68. The second-order valence-electron chi connectivity index (χ2n) is 9.36. The molecule has 0 fully saturated rings. The summed E-state index contributed by atoms with van der Waals surface area (Å²) in [6.07, 6.45) is 5.37. The Balaban J connectivity index is 1.76. The number of aryl methyl sites for hydroxylation is 1. The van der Waals surface area contributed by atoms with Crippen LogP contribution in [0.4, 0.5) is 15.9 Å². The maximum atomic E-state index is 13.6. The largest absolute Gasteiger partial charge is 0.398 e. The van der Waals surface area contributed by atoms with Gasteiger partial charge in [0.15, 0.2) is 5.78 Å². The minimum absolute atomic E-state index is 0.104. The van der Waals surface area contributed by atoms with Crippen molar-refractivity contribution in [2.24, 2.45) is 5.41 Å². The van der Waals surface area contributed by atoms with Crippen molar-refractivity contribution in [1.29, 1.82) is 0 Å². The molecule has 0 saturated heterocycles. The number of nitrogens with two attached hydrogens (primary N) is 1. The first kappa shape index (κ1) is 18.3. The Hall–Kier alpha value is -2.69. The van der Waals surface area contributed by atoms with E-state index < -0.39 is 0 Å². The quantitative estimate of drug-likeness (QED) is 0.727. The van der Waals surface area contributed by atoms with Crippen LogP contribution in [0.15, 0.2) is 35.5 Å². The molecule has 1 atom stereocenters. The van der Waals surface area contributed by atoms with Gasteiger partial charge in [-0.05, 0) is 60.8 Å². The molecule has 1 aliphatic heterocycles. The third kappa shape index (κ3) is 2.95. The summed E-state index contributed by atoms with van der Waals surface area (Å²) < 4.78 is 13.6. The highest BCUT2D eigenvalue weighted by atomic mass is 19.1. The zero-order chi connectivity index (χ0) is 20.3. The standard InChI is InChI=1S/C24H26FN3O/c1-24(2)11-17-20(18(29)12-24)19(13-7-9-14(25)10-8-13)21-22(26)15-5-3-4-6-16(15)27-23(21)28-17/h7-10,19H,3-6,11-12H2,1-2H3,(H3,26,27,28). The summed E-state index contributed by atoms with van der Waals surface area (Å²) in [5.74, 6) is 0.317. The topological polar surface area (TPSA) is 68.0 Å². The van der Waals surface area contributed by atoms with Gasteiger partial charge in [-0.2, -0.15) is 0 Å². The van der Waals surface area contributed by atoms with Gasteiger partial charge < -0.3 is 11.1 Å². The molecule has 0 radical (unpaired) electrons. The molecule has 2 heterocycles. The summed E-state index contributed by atoms with van der Waals surface area (Å²) in [5, 5.41) is 3.48. The second-order valence-corrected chi connectivity index (χ2v) is 9.36. The smallest absolute Gasteiger partial charge is 0.162 e. The molecule has 150 valence electrons. The van der Waals surface area contributed by atoms with Gasteiger partial charge >= 0.3 is 0 Å². The van der Waals surface area contributed by atoms with Crippen LogP contribution in [0.2, 0.25) is 0 Å². The number of nitrogens with one attached hydrogen (secondary N) is 1. The van der Waals surface area contributed by atoms with E-state index >= 15 is 0 Å². The normalized spacial score (nSPS) is 22.4. The summed E-state index contributed by atoms with van der Waals surface area (Å²) in [6, 6.07) is 6.45. The Morgan fingerprint density at radius 3 is 2.62 bits per heavy atom. The van der Waals surface area contributed by atoms with E-state index in [2.05, 4.69) is 19.2 Å². The molecular weight excluding hydrogens is 365 g/mol. The molecule has 3 aliphatic rings. The molecular formula is C24H26FN3O.